The maximum atomic E-state index is 14.0. The van der Waals surface area contributed by atoms with E-state index in [1.54, 1.807) is 25.3 Å². The van der Waals surface area contributed by atoms with Gasteiger partial charge in [0.1, 0.15) is 5.75 Å². The third kappa shape index (κ3) is 6.37. The molecular weight excluding hydrogens is 602 g/mol. The topological polar surface area (TPSA) is 142 Å². The van der Waals surface area contributed by atoms with Crippen LogP contribution >= 0.6 is 11.6 Å². The molecule has 2 aromatic rings. The van der Waals surface area contributed by atoms with Gasteiger partial charge < -0.3 is 14.4 Å². The molecule has 0 aromatic heterocycles. The fourth-order valence-corrected chi connectivity index (χ4v) is 6.99. The van der Waals surface area contributed by atoms with Crippen LogP contribution in [0.3, 0.4) is 0 Å². The number of methoxy groups -OCH3 is 1. The number of nitrogens with zero attached hydrogens (tertiary/aromatic N) is 3. The average molecular weight is 638 g/mol. The molecule has 11 nitrogen and oxygen atoms in total. The summed E-state index contributed by atoms with van der Waals surface area (Å²) in [6.45, 7) is 9.49. The Kier molecular flexibility index (Phi) is 8.63. The van der Waals surface area contributed by atoms with Crippen molar-refractivity contribution in [3.8, 4) is 11.5 Å². The predicted octanol–water partition coefficient (Wildman–Crippen LogP) is 7.67. The molecule has 238 valence electrons. The fourth-order valence-electron chi connectivity index (χ4n) is 6.76. The minimum atomic E-state index is -0.764. The first-order valence-electron chi connectivity index (χ1n) is 14.8. The van der Waals surface area contributed by atoms with E-state index in [2.05, 4.69) is 32.6 Å². The zero-order chi connectivity index (χ0) is 32.8. The third-order valence-electron chi connectivity index (χ3n) is 8.61. The van der Waals surface area contributed by atoms with Crippen LogP contribution in [0.2, 0.25) is 5.02 Å². The Morgan fingerprint density at radius 1 is 0.867 bits per heavy atom. The molecule has 0 amide bonds. The molecule has 12 heteroatoms. The van der Waals surface area contributed by atoms with Crippen molar-refractivity contribution in [3.63, 3.8) is 0 Å². The first-order chi connectivity index (χ1) is 21.1. The van der Waals surface area contributed by atoms with Crippen molar-refractivity contribution in [2.24, 2.45) is 10.8 Å². The van der Waals surface area contributed by atoms with E-state index in [0.717, 1.165) is 36.0 Å². The second-order valence-corrected chi connectivity index (χ2v) is 13.9. The van der Waals surface area contributed by atoms with Crippen molar-refractivity contribution in [2.75, 3.05) is 20.3 Å². The number of Topliss-reactive ketones (excluding diaryl/α,β-unsaturated/α-hetero) is 2. The van der Waals surface area contributed by atoms with E-state index in [1.165, 1.54) is 0 Å². The van der Waals surface area contributed by atoms with Crippen LogP contribution in [0.15, 0.2) is 58.9 Å². The molecule has 0 atom stereocenters. The second-order valence-electron chi connectivity index (χ2n) is 13.5. The molecule has 5 rings (SSSR count). The van der Waals surface area contributed by atoms with Crippen molar-refractivity contribution in [2.45, 2.75) is 65.7 Å². The zero-order valence-corrected chi connectivity index (χ0v) is 26.7. The lowest BCUT2D eigenvalue weighted by molar-refractivity contribution is -0.394. The van der Waals surface area contributed by atoms with E-state index < -0.39 is 27.1 Å². The lowest BCUT2D eigenvalue weighted by Gasteiger charge is -2.49. The van der Waals surface area contributed by atoms with Gasteiger partial charge in [0.05, 0.1) is 20.9 Å². The summed E-state index contributed by atoms with van der Waals surface area (Å²) >= 11 is 6.71. The maximum absolute atomic E-state index is 14.0. The largest absolute Gasteiger partial charge is 0.449 e. The van der Waals surface area contributed by atoms with Crippen molar-refractivity contribution < 1.29 is 28.9 Å². The molecule has 0 saturated heterocycles. The quantitative estimate of drug-likeness (QED) is 0.154. The predicted molar refractivity (Wildman–Crippen MR) is 167 cm³/mol. The van der Waals surface area contributed by atoms with Crippen molar-refractivity contribution in [3.05, 3.63) is 89.8 Å². The van der Waals surface area contributed by atoms with Gasteiger partial charge in [-0.3, -0.25) is 29.8 Å². The highest BCUT2D eigenvalue weighted by Crippen LogP contribution is 2.55. The van der Waals surface area contributed by atoms with Crippen LogP contribution in [0.25, 0.3) is 0 Å². The number of ketones is 2. The molecule has 2 aliphatic carbocycles. The van der Waals surface area contributed by atoms with Crippen molar-refractivity contribution in [1.82, 2.24) is 4.90 Å². The van der Waals surface area contributed by atoms with Gasteiger partial charge in [0, 0.05) is 67.6 Å². The standard InChI is InChI=1S/C33H36ClN3O8/c1-32(2)15-23-30(25(38)17-32)29(31-24(35(23)11-6-12-44-5)16-33(3,4)18-26(31)39)19-7-9-27(21(34)13-19)45-28-10-8-20(36(40)41)14-22(28)37(42)43/h7-10,13-14,29H,6,11-12,15-18H2,1-5H3. The van der Waals surface area contributed by atoms with E-state index in [-0.39, 0.29) is 38.9 Å². The number of halogens is 1. The van der Waals surface area contributed by atoms with Gasteiger partial charge in [-0.05, 0) is 53.9 Å². The lowest BCUT2D eigenvalue weighted by atomic mass is 9.63. The number of nitro benzene ring substituents is 2. The van der Waals surface area contributed by atoms with E-state index in [4.69, 9.17) is 21.1 Å². The highest BCUT2D eigenvalue weighted by molar-refractivity contribution is 6.32. The van der Waals surface area contributed by atoms with Gasteiger partial charge in [0.2, 0.25) is 5.75 Å². The molecule has 1 aliphatic heterocycles. The van der Waals surface area contributed by atoms with Gasteiger partial charge in [-0.2, -0.15) is 0 Å². The number of ether oxygens (including phenoxy) is 2. The van der Waals surface area contributed by atoms with E-state index in [1.807, 2.05) is 0 Å². The van der Waals surface area contributed by atoms with Crippen molar-refractivity contribution in [1.29, 1.82) is 0 Å². The summed E-state index contributed by atoms with van der Waals surface area (Å²) in [5.74, 6) is -0.768. The number of rotatable bonds is 9. The fraction of sp³-hybridized carbons (Fsp3) is 0.455. The Bertz CT molecular complexity index is 1620. The Labute approximate surface area is 266 Å². The van der Waals surface area contributed by atoms with Crippen LogP contribution in [0.5, 0.6) is 11.5 Å². The SMILES string of the molecule is COCCCN1C2=C(C(=O)CC(C)(C)C2)C(c2ccc(Oc3ccc([N+](=O)[O-])cc3[N+](=O)[O-])c(Cl)c2)C2=C1CC(C)(C)CC2=O. The molecular formula is C33H36ClN3O8. The van der Waals surface area contributed by atoms with Gasteiger partial charge in [-0.15, -0.1) is 0 Å². The number of carbonyl (C=O) groups is 2. The molecule has 0 fully saturated rings. The first kappa shape index (κ1) is 32.3. The number of non-ortho nitro benzene ring substituents is 1. The molecule has 0 saturated carbocycles. The Morgan fingerprint density at radius 2 is 1.44 bits per heavy atom. The monoisotopic (exact) mass is 637 g/mol. The molecule has 0 spiro atoms. The van der Waals surface area contributed by atoms with Gasteiger partial charge >= 0.3 is 5.69 Å². The van der Waals surface area contributed by atoms with Gasteiger partial charge in [-0.1, -0.05) is 45.4 Å². The number of hydrogen-bond acceptors (Lipinski definition) is 9. The molecule has 3 aliphatic rings. The second kappa shape index (κ2) is 12.0. The van der Waals surface area contributed by atoms with Crippen LogP contribution in [0, 0.1) is 31.1 Å². The Morgan fingerprint density at radius 3 is 1.96 bits per heavy atom. The van der Waals surface area contributed by atoms with E-state index >= 15 is 0 Å². The van der Waals surface area contributed by atoms with E-state index in [9.17, 15) is 29.8 Å². The highest BCUT2D eigenvalue weighted by atomic mass is 35.5. The molecule has 1 heterocycles. The van der Waals surface area contributed by atoms with Crippen LogP contribution < -0.4 is 4.74 Å². The maximum Gasteiger partial charge on any atom is 0.318 e. The lowest BCUT2D eigenvalue weighted by Crippen LogP contribution is -2.44. The third-order valence-corrected chi connectivity index (χ3v) is 8.91. The molecule has 0 unspecified atom stereocenters. The highest BCUT2D eigenvalue weighted by Gasteiger charge is 2.49. The first-order valence-corrected chi connectivity index (χ1v) is 15.2. The normalized spacial score (nSPS) is 19.4. The molecule has 2 aromatic carbocycles. The summed E-state index contributed by atoms with van der Waals surface area (Å²) in [7, 11) is 1.65. The number of hydrogen-bond donors (Lipinski definition) is 0. The summed E-state index contributed by atoms with van der Waals surface area (Å²) in [5.41, 5.74) is 2.16. The summed E-state index contributed by atoms with van der Waals surface area (Å²) in [5, 5.41) is 22.9. The summed E-state index contributed by atoms with van der Waals surface area (Å²) in [6, 6.07) is 7.99. The van der Waals surface area contributed by atoms with Crippen LogP contribution in [-0.4, -0.2) is 46.6 Å². The summed E-state index contributed by atoms with van der Waals surface area (Å²) < 4.78 is 11.1. The van der Waals surface area contributed by atoms with Gasteiger partial charge in [0.25, 0.3) is 5.69 Å². The Hall–Kier alpha value is -4.09. The molecule has 45 heavy (non-hydrogen) atoms. The number of nitro groups is 2. The molecule has 0 bridgehead atoms. The molecule has 0 N–H and O–H groups in total. The number of allylic oxidation sites excluding steroid dienone is 4. The van der Waals surface area contributed by atoms with Gasteiger partial charge in [0.15, 0.2) is 11.6 Å². The Balaban J connectivity index is 1.62. The van der Waals surface area contributed by atoms with Crippen molar-refractivity contribution >= 4 is 34.5 Å². The number of benzene rings is 2. The minimum Gasteiger partial charge on any atom is -0.449 e. The van der Waals surface area contributed by atoms with Crippen LogP contribution in [0.1, 0.15) is 71.3 Å². The van der Waals surface area contributed by atoms with Crippen LogP contribution in [-0.2, 0) is 14.3 Å². The average Bonchev–Trinajstić information content (AvgIpc) is 2.93. The van der Waals surface area contributed by atoms with Gasteiger partial charge in [-0.25, -0.2) is 0 Å². The smallest absolute Gasteiger partial charge is 0.318 e. The van der Waals surface area contributed by atoms with Crippen LogP contribution in [0.4, 0.5) is 11.4 Å². The molecule has 0 radical (unpaired) electrons. The summed E-state index contributed by atoms with van der Waals surface area (Å²) in [6.07, 6.45) is 2.75. The minimum absolute atomic E-state index is 0.00914. The zero-order valence-electron chi connectivity index (χ0n) is 26.0. The van der Waals surface area contributed by atoms with E-state index in [0.29, 0.717) is 55.5 Å². The summed E-state index contributed by atoms with van der Waals surface area (Å²) in [4.78, 5) is 51.4. The number of carbonyl (C=O) groups excluding carboxylic acids is 2.